The Morgan fingerprint density at radius 2 is 1.97 bits per heavy atom. The first-order chi connectivity index (χ1) is 15.2. The lowest BCUT2D eigenvalue weighted by Gasteiger charge is -2.33. The van der Waals surface area contributed by atoms with Crippen LogP contribution in [0.25, 0.3) is 22.7 Å². The van der Waals surface area contributed by atoms with Crippen molar-refractivity contribution in [2.75, 3.05) is 26.2 Å². The Hall–Kier alpha value is -2.94. The Labute approximate surface area is 188 Å². The Morgan fingerprint density at radius 1 is 1.16 bits per heavy atom. The summed E-state index contributed by atoms with van der Waals surface area (Å²) in [6.45, 7) is 3.72. The number of furan rings is 1. The van der Waals surface area contributed by atoms with Crippen LogP contribution in [0.5, 0.6) is 0 Å². The van der Waals surface area contributed by atoms with Gasteiger partial charge in [0.05, 0.1) is 18.5 Å². The highest BCUT2D eigenvalue weighted by molar-refractivity contribution is 7.09. The Kier molecular flexibility index (Phi) is 5.59. The number of hydrogen-bond acceptors (Lipinski definition) is 6. The summed E-state index contributed by atoms with van der Waals surface area (Å²) in [5.74, 6) is 0.603. The molecule has 31 heavy (non-hydrogen) atoms. The largest absolute Gasteiger partial charge is 0.463 e. The molecular formula is C22H20ClN5O2S. The number of carbonyl (C=O) groups is 1. The van der Waals surface area contributed by atoms with Gasteiger partial charge in [-0.15, -0.1) is 11.3 Å². The number of H-pyrrole nitrogens is 1. The maximum atomic E-state index is 12.8. The van der Waals surface area contributed by atoms with Gasteiger partial charge in [0, 0.05) is 48.2 Å². The van der Waals surface area contributed by atoms with E-state index in [9.17, 15) is 4.79 Å². The Bertz CT molecular complexity index is 1160. The predicted molar refractivity (Wildman–Crippen MR) is 120 cm³/mol. The number of aromatic nitrogens is 3. The summed E-state index contributed by atoms with van der Waals surface area (Å²) in [7, 11) is 0. The first-order valence-electron chi connectivity index (χ1n) is 9.97. The van der Waals surface area contributed by atoms with Gasteiger partial charge in [-0.25, -0.2) is 4.98 Å². The molecule has 4 heterocycles. The van der Waals surface area contributed by atoms with Crippen molar-refractivity contribution in [1.82, 2.24) is 25.0 Å². The molecule has 1 fully saturated rings. The first-order valence-corrected chi connectivity index (χ1v) is 11.2. The highest BCUT2D eigenvalue weighted by Gasteiger charge is 2.24. The highest BCUT2D eigenvalue weighted by Crippen LogP contribution is 2.25. The zero-order valence-electron chi connectivity index (χ0n) is 16.6. The summed E-state index contributed by atoms with van der Waals surface area (Å²) in [5.41, 5.74) is 3.14. The fourth-order valence-electron chi connectivity index (χ4n) is 3.59. The zero-order valence-corrected chi connectivity index (χ0v) is 18.2. The lowest BCUT2D eigenvalue weighted by molar-refractivity contribution is 0.0622. The minimum Gasteiger partial charge on any atom is -0.463 e. The summed E-state index contributed by atoms with van der Waals surface area (Å²) < 4.78 is 5.35. The topological polar surface area (TPSA) is 78.3 Å². The maximum Gasteiger partial charge on any atom is 0.274 e. The molecule has 1 amide bonds. The molecule has 0 atom stereocenters. The van der Waals surface area contributed by atoms with E-state index in [-0.39, 0.29) is 5.91 Å². The number of rotatable bonds is 5. The first kappa shape index (κ1) is 20.0. The minimum absolute atomic E-state index is 0.0621. The molecule has 0 radical (unpaired) electrons. The van der Waals surface area contributed by atoms with Crippen molar-refractivity contribution in [1.29, 1.82) is 0 Å². The fourth-order valence-corrected chi connectivity index (χ4v) is 4.56. The molecular weight excluding hydrogens is 434 g/mol. The molecule has 5 rings (SSSR count). The SMILES string of the molecule is O=C(c1cc(-c2ccco2)[nH]n1)N1CCN(Cc2nc(-c3ccc(Cl)cc3)cs2)CC1. The molecule has 158 valence electrons. The van der Waals surface area contributed by atoms with Crippen LogP contribution in [0.4, 0.5) is 0 Å². The molecule has 1 saturated heterocycles. The van der Waals surface area contributed by atoms with Crippen LogP contribution in [-0.4, -0.2) is 57.1 Å². The molecule has 9 heteroatoms. The van der Waals surface area contributed by atoms with Crippen molar-refractivity contribution < 1.29 is 9.21 Å². The standard InChI is InChI=1S/C22H20ClN5O2S/c23-16-5-3-15(4-6-16)19-14-31-21(24-19)13-27-7-9-28(10-8-27)22(29)18-12-17(25-26-18)20-2-1-11-30-20/h1-6,11-12,14H,7-10,13H2,(H,25,26). The smallest absolute Gasteiger partial charge is 0.274 e. The number of piperazine rings is 1. The molecule has 0 spiro atoms. The third-order valence-corrected chi connectivity index (χ3v) is 6.38. The third kappa shape index (κ3) is 4.41. The van der Waals surface area contributed by atoms with Crippen LogP contribution in [0, 0.1) is 0 Å². The molecule has 3 aromatic heterocycles. The average Bonchev–Trinajstić information content (AvgIpc) is 3.55. The van der Waals surface area contributed by atoms with Crippen LogP contribution in [0.2, 0.25) is 5.02 Å². The second-order valence-electron chi connectivity index (χ2n) is 7.35. The molecule has 0 saturated carbocycles. The summed E-state index contributed by atoms with van der Waals surface area (Å²) in [4.78, 5) is 21.7. The fraction of sp³-hybridized carbons (Fsp3) is 0.227. The van der Waals surface area contributed by atoms with Crippen LogP contribution in [0.15, 0.2) is 58.5 Å². The van der Waals surface area contributed by atoms with E-state index < -0.39 is 0 Å². The average molecular weight is 454 g/mol. The van der Waals surface area contributed by atoms with Crippen LogP contribution in [0.3, 0.4) is 0 Å². The maximum absolute atomic E-state index is 12.8. The van der Waals surface area contributed by atoms with Crippen molar-refractivity contribution in [2.24, 2.45) is 0 Å². The quantitative estimate of drug-likeness (QED) is 0.484. The normalized spacial score (nSPS) is 14.8. The van der Waals surface area contributed by atoms with E-state index in [1.807, 2.05) is 35.2 Å². The number of amides is 1. The van der Waals surface area contributed by atoms with Gasteiger partial charge < -0.3 is 9.32 Å². The molecule has 0 unspecified atom stereocenters. The van der Waals surface area contributed by atoms with E-state index in [4.69, 9.17) is 21.0 Å². The van der Waals surface area contributed by atoms with Gasteiger partial charge in [0.1, 0.15) is 10.7 Å². The van der Waals surface area contributed by atoms with Gasteiger partial charge in [-0.05, 0) is 24.3 Å². The molecule has 0 aliphatic carbocycles. The molecule has 1 N–H and O–H groups in total. The lowest BCUT2D eigenvalue weighted by atomic mass is 10.2. The summed E-state index contributed by atoms with van der Waals surface area (Å²) in [5, 5.41) is 10.9. The lowest BCUT2D eigenvalue weighted by Crippen LogP contribution is -2.48. The number of hydrogen-bond donors (Lipinski definition) is 1. The molecule has 1 aliphatic heterocycles. The van der Waals surface area contributed by atoms with Crippen LogP contribution >= 0.6 is 22.9 Å². The van der Waals surface area contributed by atoms with Crippen molar-refractivity contribution in [3.05, 3.63) is 69.8 Å². The van der Waals surface area contributed by atoms with Gasteiger partial charge in [0.25, 0.3) is 5.91 Å². The van der Waals surface area contributed by atoms with E-state index in [1.165, 1.54) is 0 Å². The number of aromatic amines is 1. The van der Waals surface area contributed by atoms with Crippen LogP contribution in [0.1, 0.15) is 15.5 Å². The van der Waals surface area contributed by atoms with Gasteiger partial charge in [-0.3, -0.25) is 14.8 Å². The Morgan fingerprint density at radius 3 is 2.71 bits per heavy atom. The van der Waals surface area contributed by atoms with Crippen molar-refractivity contribution in [3.8, 4) is 22.7 Å². The second-order valence-corrected chi connectivity index (χ2v) is 8.72. The number of nitrogens with zero attached hydrogens (tertiary/aromatic N) is 4. The zero-order chi connectivity index (χ0) is 21.2. The summed E-state index contributed by atoms with van der Waals surface area (Å²) in [6.07, 6.45) is 1.59. The van der Waals surface area contributed by atoms with Crippen LogP contribution < -0.4 is 0 Å². The van der Waals surface area contributed by atoms with Crippen molar-refractivity contribution in [3.63, 3.8) is 0 Å². The second kappa shape index (κ2) is 8.66. The summed E-state index contributed by atoms with van der Waals surface area (Å²) in [6, 6.07) is 13.1. The predicted octanol–water partition coefficient (Wildman–Crippen LogP) is 4.40. The van der Waals surface area contributed by atoms with Gasteiger partial charge in [-0.1, -0.05) is 23.7 Å². The van der Waals surface area contributed by atoms with E-state index in [2.05, 4.69) is 20.5 Å². The van der Waals surface area contributed by atoms with Gasteiger partial charge >= 0.3 is 0 Å². The summed E-state index contributed by atoms with van der Waals surface area (Å²) >= 11 is 7.63. The third-order valence-electron chi connectivity index (χ3n) is 5.29. The molecule has 1 aromatic carbocycles. The van der Waals surface area contributed by atoms with E-state index in [0.717, 1.165) is 40.9 Å². The number of nitrogens with one attached hydrogen (secondary N) is 1. The van der Waals surface area contributed by atoms with E-state index in [1.54, 1.807) is 29.7 Å². The molecule has 7 nitrogen and oxygen atoms in total. The van der Waals surface area contributed by atoms with E-state index >= 15 is 0 Å². The van der Waals surface area contributed by atoms with Crippen molar-refractivity contribution in [2.45, 2.75) is 6.54 Å². The van der Waals surface area contributed by atoms with Gasteiger partial charge in [0.15, 0.2) is 11.5 Å². The van der Waals surface area contributed by atoms with Crippen molar-refractivity contribution >= 4 is 28.8 Å². The van der Waals surface area contributed by atoms with Gasteiger partial charge in [-0.2, -0.15) is 5.10 Å². The number of halogens is 1. The molecule has 0 bridgehead atoms. The molecule has 4 aromatic rings. The number of benzene rings is 1. The van der Waals surface area contributed by atoms with Crippen LogP contribution in [-0.2, 0) is 6.54 Å². The monoisotopic (exact) mass is 453 g/mol. The molecule has 1 aliphatic rings. The Balaban J connectivity index is 1.16. The number of thiazole rings is 1. The minimum atomic E-state index is -0.0621. The van der Waals surface area contributed by atoms with E-state index in [0.29, 0.717) is 30.2 Å². The van der Waals surface area contributed by atoms with Gasteiger partial charge in [0.2, 0.25) is 0 Å². The number of carbonyl (C=O) groups excluding carboxylic acids is 1. The highest BCUT2D eigenvalue weighted by atomic mass is 35.5.